The number of aromatic nitrogens is 2. The highest BCUT2D eigenvalue weighted by molar-refractivity contribution is 6.31. The van der Waals surface area contributed by atoms with Crippen LogP contribution < -0.4 is 0 Å². The van der Waals surface area contributed by atoms with E-state index >= 15 is 0 Å². The third-order valence-corrected chi connectivity index (χ3v) is 4.61. The summed E-state index contributed by atoms with van der Waals surface area (Å²) < 4.78 is 15.7. The number of likely N-dealkylation sites (tertiary alicyclic amines) is 1. The van der Waals surface area contributed by atoms with Crippen molar-refractivity contribution >= 4 is 34.2 Å². The van der Waals surface area contributed by atoms with Gasteiger partial charge < -0.3 is 9.47 Å². The van der Waals surface area contributed by atoms with Crippen molar-refractivity contribution < 1.29 is 4.39 Å². The summed E-state index contributed by atoms with van der Waals surface area (Å²) in [5, 5.41) is 0.101. The van der Waals surface area contributed by atoms with Crippen molar-refractivity contribution in [1.29, 1.82) is 0 Å². The van der Waals surface area contributed by atoms with E-state index in [-0.39, 0.29) is 5.02 Å². The van der Waals surface area contributed by atoms with Gasteiger partial charge in [0.15, 0.2) is 0 Å². The molecule has 0 atom stereocenters. The lowest BCUT2D eigenvalue weighted by Gasteiger charge is -2.26. The average molecular weight is 330 g/mol. The lowest BCUT2D eigenvalue weighted by molar-refractivity contribution is 0.221. The number of fused-ring (bicyclic) bond motifs is 1. The summed E-state index contributed by atoms with van der Waals surface area (Å²) >= 11 is 11.8. The number of rotatable bonds is 4. The quantitative estimate of drug-likeness (QED) is 0.789. The maximum atomic E-state index is 13.7. The van der Waals surface area contributed by atoms with Crippen LogP contribution in [0, 0.1) is 5.82 Å². The molecule has 21 heavy (non-hydrogen) atoms. The number of benzene rings is 1. The smallest absolute Gasteiger partial charge is 0.144 e. The highest BCUT2D eigenvalue weighted by atomic mass is 35.5. The predicted octanol–water partition coefficient (Wildman–Crippen LogP) is 4.05. The zero-order valence-corrected chi connectivity index (χ0v) is 13.3. The van der Waals surface area contributed by atoms with Crippen LogP contribution in [0.4, 0.5) is 4.39 Å². The van der Waals surface area contributed by atoms with E-state index in [1.807, 2.05) is 4.57 Å². The molecule has 0 saturated carbocycles. The molecule has 114 valence electrons. The zero-order chi connectivity index (χ0) is 14.8. The predicted molar refractivity (Wildman–Crippen MR) is 84.5 cm³/mol. The first-order chi connectivity index (χ1) is 10.2. The molecule has 1 aliphatic rings. The molecule has 0 spiro atoms. The number of imidazole rings is 1. The van der Waals surface area contributed by atoms with Crippen LogP contribution in [0.3, 0.4) is 0 Å². The second kappa shape index (κ2) is 6.51. The van der Waals surface area contributed by atoms with Crippen LogP contribution in [-0.4, -0.2) is 34.1 Å². The number of halogens is 3. The summed E-state index contributed by atoms with van der Waals surface area (Å²) in [5.41, 5.74) is 1.47. The molecule has 0 unspecified atom stereocenters. The van der Waals surface area contributed by atoms with Gasteiger partial charge in [-0.2, -0.15) is 0 Å². The Kier molecular flexibility index (Phi) is 4.67. The number of hydrogen-bond donors (Lipinski definition) is 0. The second-order valence-corrected chi connectivity index (χ2v) is 6.15. The van der Waals surface area contributed by atoms with E-state index in [1.165, 1.54) is 25.3 Å². The van der Waals surface area contributed by atoms with Crippen LogP contribution in [-0.2, 0) is 12.4 Å². The van der Waals surface area contributed by atoms with Gasteiger partial charge in [-0.15, -0.1) is 11.6 Å². The van der Waals surface area contributed by atoms with Gasteiger partial charge in [-0.1, -0.05) is 18.0 Å². The van der Waals surface area contributed by atoms with Gasteiger partial charge in [0.05, 0.1) is 21.9 Å². The Morgan fingerprint density at radius 2 is 1.90 bits per heavy atom. The van der Waals surface area contributed by atoms with E-state index in [0.717, 1.165) is 37.5 Å². The minimum Gasteiger partial charge on any atom is -0.326 e. The lowest BCUT2D eigenvalue weighted by Crippen LogP contribution is -2.32. The van der Waals surface area contributed by atoms with Gasteiger partial charge in [0.25, 0.3) is 0 Å². The fourth-order valence-electron chi connectivity index (χ4n) is 2.95. The minimum absolute atomic E-state index is 0.101. The van der Waals surface area contributed by atoms with Crippen LogP contribution in [0.15, 0.2) is 12.1 Å². The van der Waals surface area contributed by atoms with Gasteiger partial charge in [-0.25, -0.2) is 9.37 Å². The Morgan fingerprint density at radius 3 is 2.62 bits per heavy atom. The SMILES string of the molecule is Fc1cc2c(cc1Cl)nc(CCl)n2CCN1CCCCC1. The van der Waals surface area contributed by atoms with Gasteiger partial charge in [-0.3, -0.25) is 0 Å². The number of piperidine rings is 1. The van der Waals surface area contributed by atoms with E-state index in [1.54, 1.807) is 6.07 Å². The standard InChI is InChI=1S/C15H18Cl2FN3/c16-10-15-19-13-8-11(17)12(18)9-14(13)21(15)7-6-20-4-2-1-3-5-20/h8-9H,1-7,10H2. The highest BCUT2D eigenvalue weighted by Gasteiger charge is 2.15. The molecule has 6 heteroatoms. The number of alkyl halides is 1. The Labute approximate surface area is 133 Å². The summed E-state index contributed by atoms with van der Waals surface area (Å²) in [6.07, 6.45) is 3.84. The fourth-order valence-corrected chi connectivity index (χ4v) is 3.31. The van der Waals surface area contributed by atoms with Gasteiger partial charge in [0.1, 0.15) is 11.6 Å². The normalized spacial score (nSPS) is 16.7. The molecule has 2 heterocycles. The summed E-state index contributed by atoms with van der Waals surface area (Å²) in [5.74, 6) is 0.670. The van der Waals surface area contributed by atoms with Crippen LogP contribution in [0.5, 0.6) is 0 Å². The van der Waals surface area contributed by atoms with Crippen molar-refractivity contribution in [3.8, 4) is 0 Å². The monoisotopic (exact) mass is 329 g/mol. The summed E-state index contributed by atoms with van der Waals surface area (Å²) in [4.78, 5) is 6.90. The molecule has 0 aliphatic carbocycles. The Hall–Kier alpha value is -0.840. The first kappa shape index (κ1) is 15.1. The van der Waals surface area contributed by atoms with Crippen molar-refractivity contribution in [2.45, 2.75) is 31.7 Å². The first-order valence-corrected chi connectivity index (χ1v) is 8.23. The third kappa shape index (κ3) is 3.17. The molecular weight excluding hydrogens is 312 g/mol. The van der Waals surface area contributed by atoms with Gasteiger partial charge in [-0.05, 0) is 32.0 Å². The van der Waals surface area contributed by atoms with E-state index in [0.29, 0.717) is 11.4 Å². The van der Waals surface area contributed by atoms with E-state index in [2.05, 4.69) is 9.88 Å². The number of hydrogen-bond acceptors (Lipinski definition) is 2. The van der Waals surface area contributed by atoms with Crippen molar-refractivity contribution in [2.75, 3.05) is 19.6 Å². The van der Waals surface area contributed by atoms with E-state index in [4.69, 9.17) is 23.2 Å². The van der Waals surface area contributed by atoms with Crippen molar-refractivity contribution in [2.24, 2.45) is 0 Å². The van der Waals surface area contributed by atoms with E-state index < -0.39 is 5.82 Å². The molecule has 1 aromatic carbocycles. The van der Waals surface area contributed by atoms with Crippen molar-refractivity contribution in [1.82, 2.24) is 14.5 Å². The van der Waals surface area contributed by atoms with Crippen LogP contribution in [0.1, 0.15) is 25.1 Å². The lowest BCUT2D eigenvalue weighted by atomic mass is 10.1. The molecule has 0 bridgehead atoms. The summed E-state index contributed by atoms with van der Waals surface area (Å²) in [6, 6.07) is 3.02. The molecule has 0 radical (unpaired) electrons. The van der Waals surface area contributed by atoms with Crippen molar-refractivity contribution in [3.05, 3.63) is 28.8 Å². The maximum Gasteiger partial charge on any atom is 0.144 e. The maximum absolute atomic E-state index is 13.7. The Bertz CT molecular complexity index is 635. The van der Waals surface area contributed by atoms with Crippen molar-refractivity contribution in [3.63, 3.8) is 0 Å². The molecular formula is C15H18Cl2FN3. The van der Waals surface area contributed by atoms with Crippen LogP contribution in [0.2, 0.25) is 5.02 Å². The molecule has 0 amide bonds. The van der Waals surface area contributed by atoms with Crippen LogP contribution in [0.25, 0.3) is 11.0 Å². The summed E-state index contributed by atoms with van der Waals surface area (Å²) in [6.45, 7) is 4.01. The van der Waals surface area contributed by atoms with Gasteiger partial charge in [0, 0.05) is 19.2 Å². The summed E-state index contributed by atoms with van der Waals surface area (Å²) in [7, 11) is 0. The third-order valence-electron chi connectivity index (χ3n) is 4.08. The second-order valence-electron chi connectivity index (χ2n) is 5.47. The molecule has 1 aliphatic heterocycles. The molecule has 3 rings (SSSR count). The Morgan fingerprint density at radius 1 is 1.14 bits per heavy atom. The molecule has 0 N–H and O–H groups in total. The van der Waals surface area contributed by atoms with Gasteiger partial charge >= 0.3 is 0 Å². The molecule has 2 aromatic rings. The Balaban J connectivity index is 1.86. The molecule has 1 aromatic heterocycles. The largest absolute Gasteiger partial charge is 0.326 e. The van der Waals surface area contributed by atoms with Crippen LogP contribution >= 0.6 is 23.2 Å². The highest BCUT2D eigenvalue weighted by Crippen LogP contribution is 2.24. The topological polar surface area (TPSA) is 21.1 Å². The minimum atomic E-state index is -0.413. The molecule has 3 nitrogen and oxygen atoms in total. The van der Waals surface area contributed by atoms with Gasteiger partial charge in [0.2, 0.25) is 0 Å². The average Bonchev–Trinajstić information content (AvgIpc) is 2.83. The van der Waals surface area contributed by atoms with E-state index in [9.17, 15) is 4.39 Å². The first-order valence-electron chi connectivity index (χ1n) is 7.31. The molecule has 1 fully saturated rings. The molecule has 1 saturated heterocycles. The number of nitrogens with zero attached hydrogens (tertiary/aromatic N) is 3. The fraction of sp³-hybridized carbons (Fsp3) is 0.533. The zero-order valence-electron chi connectivity index (χ0n) is 11.8.